The van der Waals surface area contributed by atoms with Crippen LogP contribution >= 0.6 is 0 Å². The Labute approximate surface area is 308 Å². The Balaban J connectivity index is 1.57. The van der Waals surface area contributed by atoms with Crippen molar-refractivity contribution in [3.63, 3.8) is 0 Å². The van der Waals surface area contributed by atoms with Gasteiger partial charge in [-0.15, -0.1) is 0 Å². The summed E-state index contributed by atoms with van der Waals surface area (Å²) in [6.45, 7) is 10.3. The number of benzene rings is 4. The lowest BCUT2D eigenvalue weighted by molar-refractivity contribution is 0.0134. The summed E-state index contributed by atoms with van der Waals surface area (Å²) in [6, 6.07) is 32.2. The summed E-state index contributed by atoms with van der Waals surface area (Å²) in [6.07, 6.45) is 17.6. The predicted molar refractivity (Wildman–Crippen MR) is 217 cm³/mol. The van der Waals surface area contributed by atoms with E-state index in [-0.39, 0.29) is 5.97 Å². The molecule has 4 aromatic rings. The third kappa shape index (κ3) is 9.36. The molecule has 5 heteroatoms. The van der Waals surface area contributed by atoms with Crippen LogP contribution in [0.25, 0.3) is 0 Å². The first-order chi connectivity index (χ1) is 25.0. The number of hydrogen-bond donors (Lipinski definition) is 2. The second-order valence-electron chi connectivity index (χ2n) is 14.1. The third-order valence-electron chi connectivity index (χ3n) is 10.2. The van der Waals surface area contributed by atoms with Gasteiger partial charge in [0.15, 0.2) is 0 Å². The minimum Gasteiger partial charge on any atom is -0.426 e. The molecule has 2 N–H and O–H groups in total. The molecule has 0 fully saturated rings. The molecule has 4 aromatic carbocycles. The summed E-state index contributed by atoms with van der Waals surface area (Å²) in [5.74, 6) is -0.309. The van der Waals surface area contributed by atoms with Crippen molar-refractivity contribution < 1.29 is 9.53 Å². The molecule has 0 aromatic heterocycles. The van der Waals surface area contributed by atoms with Crippen LogP contribution in [0.1, 0.15) is 137 Å². The highest BCUT2D eigenvalue weighted by Gasteiger charge is 2.52. The Morgan fingerprint density at radius 2 is 1.08 bits per heavy atom. The fourth-order valence-electron chi connectivity index (χ4n) is 7.50. The fraction of sp³-hybridized carbons (Fsp3) is 0.457. The van der Waals surface area contributed by atoms with E-state index in [9.17, 15) is 4.79 Å². The molecular weight excluding hydrogens is 627 g/mol. The molecule has 0 amide bonds. The van der Waals surface area contributed by atoms with E-state index in [4.69, 9.17) is 4.74 Å². The van der Waals surface area contributed by atoms with Crippen LogP contribution in [0.2, 0.25) is 0 Å². The molecule has 0 saturated heterocycles. The lowest BCUT2D eigenvalue weighted by Crippen LogP contribution is -2.45. The Bertz CT molecular complexity index is 1590. The minimum absolute atomic E-state index is 0.309. The molecule has 0 saturated carbocycles. The van der Waals surface area contributed by atoms with Crippen LogP contribution < -0.4 is 15.5 Å². The van der Waals surface area contributed by atoms with Crippen LogP contribution in [0, 0.1) is 0 Å². The molecule has 0 bridgehead atoms. The average molecular weight is 688 g/mol. The molecule has 1 aliphatic rings. The number of esters is 1. The smallest absolute Gasteiger partial charge is 0.341 e. The lowest BCUT2D eigenvalue weighted by atomic mass is 9.89. The number of unbranched alkanes of at least 4 members (excludes halogenated alkanes) is 10. The summed E-state index contributed by atoms with van der Waals surface area (Å²) < 4.78 is 6.73. The standard InChI is InChI=1S/C46H61N3O2/c1-5-9-11-13-15-17-21-36-25-30-39(31-26-36)49(40-32-27-37(28-33-40)22-18-16-14-12-10-6-2)46(42-24-20-19-23-41(42)45(50)51-46)38-29-34-43(47-7-3)44(35-38)48-8-4/h19-20,23-35,47-48H,5-18,21-22H2,1-4H3. The van der Waals surface area contributed by atoms with Crippen LogP contribution in [-0.4, -0.2) is 19.1 Å². The number of aryl methyl sites for hydroxylation is 2. The van der Waals surface area contributed by atoms with Crippen molar-refractivity contribution in [3.8, 4) is 0 Å². The van der Waals surface area contributed by atoms with E-state index in [1.54, 1.807) is 0 Å². The highest BCUT2D eigenvalue weighted by Crippen LogP contribution is 2.51. The number of hydrogen-bond acceptors (Lipinski definition) is 5. The van der Waals surface area contributed by atoms with E-state index in [0.717, 1.165) is 59.8 Å². The Kier molecular flexibility index (Phi) is 14.4. The SMILES string of the molecule is CCCCCCCCc1ccc(N(c2ccc(CCCCCCCC)cc2)C2(c3ccc(NCC)c(NCC)c3)OC(=O)c3ccccc32)cc1. The number of carbonyl (C=O) groups is 1. The van der Waals surface area contributed by atoms with Crippen molar-refractivity contribution in [3.05, 3.63) is 119 Å². The second-order valence-corrected chi connectivity index (χ2v) is 14.1. The van der Waals surface area contributed by atoms with Gasteiger partial charge in [0.25, 0.3) is 0 Å². The van der Waals surface area contributed by atoms with Gasteiger partial charge in [-0.3, -0.25) is 4.90 Å². The maximum atomic E-state index is 13.9. The zero-order valence-electron chi connectivity index (χ0n) is 31.7. The first-order valence-electron chi connectivity index (χ1n) is 20.0. The van der Waals surface area contributed by atoms with Gasteiger partial charge in [0.1, 0.15) is 0 Å². The molecule has 1 unspecified atom stereocenters. The monoisotopic (exact) mass is 687 g/mol. The highest BCUT2D eigenvalue weighted by atomic mass is 16.6. The number of anilines is 4. The summed E-state index contributed by atoms with van der Waals surface area (Å²) in [5.41, 5.74) is 7.78. The molecule has 272 valence electrons. The molecule has 1 heterocycles. The van der Waals surface area contributed by atoms with E-state index < -0.39 is 5.72 Å². The molecule has 1 atom stereocenters. The van der Waals surface area contributed by atoms with E-state index >= 15 is 0 Å². The van der Waals surface area contributed by atoms with Gasteiger partial charge in [0, 0.05) is 35.6 Å². The van der Waals surface area contributed by atoms with Gasteiger partial charge < -0.3 is 15.4 Å². The van der Waals surface area contributed by atoms with E-state index in [0.29, 0.717) is 5.56 Å². The summed E-state index contributed by atoms with van der Waals surface area (Å²) in [5, 5.41) is 7.06. The van der Waals surface area contributed by atoms with Gasteiger partial charge in [0.2, 0.25) is 5.72 Å². The lowest BCUT2D eigenvalue weighted by Gasteiger charge is -2.42. The largest absolute Gasteiger partial charge is 0.426 e. The molecular formula is C46H61N3O2. The highest BCUT2D eigenvalue weighted by molar-refractivity contribution is 5.97. The number of carbonyl (C=O) groups excluding carboxylic acids is 1. The molecule has 1 aliphatic heterocycles. The third-order valence-corrected chi connectivity index (χ3v) is 10.2. The molecule has 0 radical (unpaired) electrons. The van der Waals surface area contributed by atoms with Crippen LogP contribution in [0.15, 0.2) is 91.0 Å². The van der Waals surface area contributed by atoms with E-state index in [1.165, 1.54) is 88.2 Å². The number of fused-ring (bicyclic) bond motifs is 1. The minimum atomic E-state index is -1.22. The van der Waals surface area contributed by atoms with Gasteiger partial charge in [-0.1, -0.05) is 127 Å². The van der Waals surface area contributed by atoms with E-state index in [1.807, 2.05) is 18.2 Å². The zero-order valence-corrected chi connectivity index (χ0v) is 31.7. The first kappa shape index (κ1) is 38.0. The van der Waals surface area contributed by atoms with Crippen molar-refractivity contribution in [2.45, 2.75) is 123 Å². The van der Waals surface area contributed by atoms with Crippen LogP contribution in [0.5, 0.6) is 0 Å². The van der Waals surface area contributed by atoms with Crippen molar-refractivity contribution in [1.82, 2.24) is 0 Å². The normalized spacial score (nSPS) is 15.0. The second kappa shape index (κ2) is 19.4. The Morgan fingerprint density at radius 3 is 1.63 bits per heavy atom. The van der Waals surface area contributed by atoms with Gasteiger partial charge in [0.05, 0.1) is 16.9 Å². The van der Waals surface area contributed by atoms with Crippen molar-refractivity contribution in [2.75, 3.05) is 28.6 Å². The van der Waals surface area contributed by atoms with Crippen LogP contribution in [0.4, 0.5) is 22.7 Å². The van der Waals surface area contributed by atoms with Crippen LogP contribution in [-0.2, 0) is 23.3 Å². The average Bonchev–Trinajstić information content (AvgIpc) is 3.45. The summed E-state index contributed by atoms with van der Waals surface area (Å²) in [4.78, 5) is 16.1. The van der Waals surface area contributed by atoms with Gasteiger partial charge >= 0.3 is 5.97 Å². The molecule has 51 heavy (non-hydrogen) atoms. The summed E-state index contributed by atoms with van der Waals surface area (Å²) in [7, 11) is 0. The Hall–Kier alpha value is -4.25. The van der Waals surface area contributed by atoms with Crippen molar-refractivity contribution in [2.24, 2.45) is 0 Å². The van der Waals surface area contributed by atoms with Gasteiger partial charge in [-0.05, 0) is 93.1 Å². The number of rotatable bonds is 22. The molecule has 0 aliphatic carbocycles. The van der Waals surface area contributed by atoms with Gasteiger partial charge in [-0.25, -0.2) is 4.79 Å². The van der Waals surface area contributed by atoms with Crippen molar-refractivity contribution >= 4 is 28.7 Å². The number of nitrogens with zero attached hydrogens (tertiary/aromatic N) is 1. The van der Waals surface area contributed by atoms with E-state index in [2.05, 4.69) is 116 Å². The zero-order chi connectivity index (χ0) is 35.9. The van der Waals surface area contributed by atoms with Crippen molar-refractivity contribution in [1.29, 1.82) is 0 Å². The van der Waals surface area contributed by atoms with Gasteiger partial charge in [-0.2, -0.15) is 0 Å². The Morgan fingerprint density at radius 1 is 0.569 bits per heavy atom. The van der Waals surface area contributed by atoms with Crippen LogP contribution in [0.3, 0.4) is 0 Å². The fourth-order valence-corrected chi connectivity index (χ4v) is 7.50. The number of ether oxygens (including phenoxy) is 1. The number of cyclic esters (lactones) is 1. The molecule has 0 spiro atoms. The molecule has 5 rings (SSSR count). The maximum absolute atomic E-state index is 13.9. The quantitative estimate of drug-likeness (QED) is 0.0636. The predicted octanol–water partition coefficient (Wildman–Crippen LogP) is 12.6. The topological polar surface area (TPSA) is 53.6 Å². The molecule has 5 nitrogen and oxygen atoms in total. The summed E-state index contributed by atoms with van der Waals surface area (Å²) >= 11 is 0. The maximum Gasteiger partial charge on any atom is 0.341 e. The first-order valence-corrected chi connectivity index (χ1v) is 20.0. The number of nitrogens with one attached hydrogen (secondary N) is 2.